The number of hydrogen-bond donors (Lipinski definition) is 2. The molecule has 5 heteroatoms. The van der Waals surface area contributed by atoms with Gasteiger partial charge in [0.25, 0.3) is 0 Å². The molecule has 0 bridgehead atoms. The van der Waals surface area contributed by atoms with E-state index in [2.05, 4.69) is 17.2 Å². The molecule has 0 radical (unpaired) electrons. The van der Waals surface area contributed by atoms with Crippen molar-refractivity contribution in [2.75, 3.05) is 25.0 Å². The lowest BCUT2D eigenvalue weighted by molar-refractivity contribution is -0.131. The number of anilines is 1. The summed E-state index contributed by atoms with van der Waals surface area (Å²) in [5, 5.41) is 2.82. The number of hydrogen-bond acceptors (Lipinski definition) is 3. The zero-order valence-electron chi connectivity index (χ0n) is 12.1. The van der Waals surface area contributed by atoms with Crippen LogP contribution in [0.25, 0.3) is 0 Å². The number of aryl methyl sites for hydroxylation is 1. The first-order valence-electron chi connectivity index (χ1n) is 6.97. The lowest BCUT2D eigenvalue weighted by Crippen LogP contribution is -2.34. The maximum Gasteiger partial charge on any atom is 0.244 e. The number of benzene rings is 1. The van der Waals surface area contributed by atoms with E-state index in [-0.39, 0.29) is 24.9 Å². The fourth-order valence-corrected chi connectivity index (χ4v) is 2.25. The average Bonchev–Trinajstić information content (AvgIpc) is 2.84. The third-order valence-corrected chi connectivity index (χ3v) is 3.28. The predicted molar refractivity (Wildman–Crippen MR) is 81.6 cm³/mol. The summed E-state index contributed by atoms with van der Waals surface area (Å²) in [4.78, 5) is 25.2. The number of carbonyl (C=O) groups is 2. The summed E-state index contributed by atoms with van der Waals surface area (Å²) in [6.07, 6.45) is 1.36. The Bertz CT molecular complexity index is 614. The van der Waals surface area contributed by atoms with E-state index in [9.17, 15) is 9.59 Å². The highest BCUT2D eigenvalue weighted by molar-refractivity contribution is 5.96. The largest absolute Gasteiger partial charge is 0.333 e. The first kappa shape index (κ1) is 15.1. The standard InChI is InChI=1S/C16H19N3O2/c1-12-6-7-14(13(10-12)4-2-8-17)18-15(20)11-19-9-3-5-16(19)21/h6-7,10H,3,5,8-9,11,17H2,1H3,(H,18,20). The van der Waals surface area contributed by atoms with E-state index in [1.54, 1.807) is 4.90 Å². The molecule has 1 aliphatic rings. The van der Waals surface area contributed by atoms with Crippen LogP contribution in [0.2, 0.25) is 0 Å². The summed E-state index contributed by atoms with van der Waals surface area (Å²) in [5.74, 6) is 5.57. The molecule has 0 spiro atoms. The van der Waals surface area contributed by atoms with Crippen molar-refractivity contribution in [2.24, 2.45) is 5.73 Å². The highest BCUT2D eigenvalue weighted by Crippen LogP contribution is 2.17. The fraction of sp³-hybridized carbons (Fsp3) is 0.375. The quantitative estimate of drug-likeness (QED) is 0.809. The molecule has 1 saturated heterocycles. The first-order valence-corrected chi connectivity index (χ1v) is 6.97. The van der Waals surface area contributed by atoms with Crippen LogP contribution >= 0.6 is 0 Å². The Morgan fingerprint density at radius 3 is 2.95 bits per heavy atom. The molecule has 3 N–H and O–H groups in total. The normalized spacial score (nSPS) is 13.8. The van der Waals surface area contributed by atoms with Gasteiger partial charge in [-0.3, -0.25) is 9.59 Å². The van der Waals surface area contributed by atoms with E-state index in [0.717, 1.165) is 17.5 Å². The van der Waals surface area contributed by atoms with E-state index in [0.29, 0.717) is 18.7 Å². The lowest BCUT2D eigenvalue weighted by atomic mass is 10.1. The molecule has 110 valence electrons. The van der Waals surface area contributed by atoms with Crippen LogP contribution in [0, 0.1) is 18.8 Å². The Morgan fingerprint density at radius 2 is 2.29 bits per heavy atom. The second-order valence-electron chi connectivity index (χ2n) is 5.02. The summed E-state index contributed by atoms with van der Waals surface area (Å²) in [6, 6.07) is 5.63. The topological polar surface area (TPSA) is 75.4 Å². The van der Waals surface area contributed by atoms with Crippen molar-refractivity contribution in [3.63, 3.8) is 0 Å². The maximum absolute atomic E-state index is 12.0. The van der Waals surface area contributed by atoms with Gasteiger partial charge in [0.1, 0.15) is 0 Å². The van der Waals surface area contributed by atoms with Crippen LogP contribution in [0.3, 0.4) is 0 Å². The lowest BCUT2D eigenvalue weighted by Gasteiger charge is -2.15. The molecular formula is C16H19N3O2. The van der Waals surface area contributed by atoms with Crippen molar-refractivity contribution in [1.82, 2.24) is 4.90 Å². The number of amides is 2. The number of carbonyl (C=O) groups excluding carboxylic acids is 2. The molecule has 1 aromatic carbocycles. The molecule has 2 rings (SSSR count). The van der Waals surface area contributed by atoms with Crippen molar-refractivity contribution < 1.29 is 9.59 Å². The molecule has 1 heterocycles. The molecule has 2 amide bonds. The first-order chi connectivity index (χ1) is 10.1. The third kappa shape index (κ3) is 4.07. The zero-order valence-corrected chi connectivity index (χ0v) is 12.1. The predicted octanol–water partition coefficient (Wildman–Crippen LogP) is 0.866. The van der Waals surface area contributed by atoms with Crippen molar-refractivity contribution in [3.8, 4) is 11.8 Å². The van der Waals surface area contributed by atoms with Gasteiger partial charge in [-0.2, -0.15) is 0 Å². The van der Waals surface area contributed by atoms with Gasteiger partial charge in [-0.05, 0) is 31.0 Å². The van der Waals surface area contributed by atoms with Gasteiger partial charge in [0.15, 0.2) is 0 Å². The van der Waals surface area contributed by atoms with E-state index in [1.165, 1.54) is 0 Å². The number of nitrogens with two attached hydrogens (primary N) is 1. The van der Waals surface area contributed by atoms with Gasteiger partial charge in [-0.1, -0.05) is 17.9 Å². The molecule has 1 aromatic rings. The number of nitrogens with one attached hydrogen (secondary N) is 1. The summed E-state index contributed by atoms with van der Waals surface area (Å²) >= 11 is 0. The van der Waals surface area contributed by atoms with Crippen molar-refractivity contribution in [2.45, 2.75) is 19.8 Å². The molecule has 1 aliphatic heterocycles. The molecule has 21 heavy (non-hydrogen) atoms. The van der Waals surface area contributed by atoms with Crippen LogP contribution in [0.5, 0.6) is 0 Å². The minimum absolute atomic E-state index is 0.0391. The van der Waals surface area contributed by atoms with Gasteiger partial charge in [0.2, 0.25) is 11.8 Å². The van der Waals surface area contributed by atoms with Crippen molar-refractivity contribution in [1.29, 1.82) is 0 Å². The minimum atomic E-state index is -0.204. The second kappa shape index (κ2) is 6.91. The highest BCUT2D eigenvalue weighted by Gasteiger charge is 2.22. The Labute approximate surface area is 124 Å². The van der Waals surface area contributed by atoms with Gasteiger partial charge < -0.3 is 16.0 Å². The second-order valence-corrected chi connectivity index (χ2v) is 5.02. The SMILES string of the molecule is Cc1ccc(NC(=O)CN2CCCC2=O)c(C#CCN)c1. The third-order valence-electron chi connectivity index (χ3n) is 3.28. The monoisotopic (exact) mass is 285 g/mol. The van der Waals surface area contributed by atoms with Crippen LogP contribution in [-0.4, -0.2) is 36.3 Å². The van der Waals surface area contributed by atoms with Crippen LogP contribution in [0.1, 0.15) is 24.0 Å². The molecule has 0 atom stereocenters. The highest BCUT2D eigenvalue weighted by atomic mass is 16.2. The van der Waals surface area contributed by atoms with E-state index < -0.39 is 0 Å². The van der Waals surface area contributed by atoms with Gasteiger partial charge >= 0.3 is 0 Å². The zero-order chi connectivity index (χ0) is 15.2. The van der Waals surface area contributed by atoms with Crippen LogP contribution in [-0.2, 0) is 9.59 Å². The summed E-state index contributed by atoms with van der Waals surface area (Å²) < 4.78 is 0. The summed E-state index contributed by atoms with van der Waals surface area (Å²) in [7, 11) is 0. The van der Waals surface area contributed by atoms with Crippen molar-refractivity contribution in [3.05, 3.63) is 29.3 Å². The molecule has 1 fully saturated rings. The number of likely N-dealkylation sites (tertiary alicyclic amines) is 1. The average molecular weight is 285 g/mol. The van der Waals surface area contributed by atoms with Gasteiger partial charge in [-0.25, -0.2) is 0 Å². The molecular weight excluding hydrogens is 266 g/mol. The molecule has 0 aromatic heterocycles. The summed E-state index contributed by atoms with van der Waals surface area (Å²) in [5.41, 5.74) is 7.83. The fourth-order valence-electron chi connectivity index (χ4n) is 2.25. The Morgan fingerprint density at radius 1 is 1.48 bits per heavy atom. The van der Waals surface area contributed by atoms with E-state index >= 15 is 0 Å². The van der Waals surface area contributed by atoms with E-state index in [4.69, 9.17) is 5.73 Å². The Hall–Kier alpha value is -2.32. The van der Waals surface area contributed by atoms with Crippen LogP contribution < -0.4 is 11.1 Å². The summed E-state index contributed by atoms with van der Waals surface area (Å²) in [6.45, 7) is 2.97. The maximum atomic E-state index is 12.0. The number of rotatable bonds is 3. The van der Waals surface area contributed by atoms with Gasteiger partial charge in [-0.15, -0.1) is 0 Å². The van der Waals surface area contributed by atoms with Gasteiger partial charge in [0.05, 0.1) is 18.8 Å². The molecule has 0 saturated carbocycles. The smallest absolute Gasteiger partial charge is 0.244 e. The van der Waals surface area contributed by atoms with Crippen molar-refractivity contribution >= 4 is 17.5 Å². The molecule has 5 nitrogen and oxygen atoms in total. The Kier molecular flexibility index (Phi) is 4.96. The van der Waals surface area contributed by atoms with Gasteiger partial charge in [0, 0.05) is 18.5 Å². The van der Waals surface area contributed by atoms with Crippen LogP contribution in [0.4, 0.5) is 5.69 Å². The Balaban J connectivity index is 2.07. The molecule has 0 aliphatic carbocycles. The molecule has 0 unspecified atom stereocenters. The number of nitrogens with zero attached hydrogens (tertiary/aromatic N) is 1. The van der Waals surface area contributed by atoms with Crippen LogP contribution in [0.15, 0.2) is 18.2 Å². The van der Waals surface area contributed by atoms with E-state index in [1.807, 2.05) is 25.1 Å². The minimum Gasteiger partial charge on any atom is -0.333 e.